The van der Waals surface area contributed by atoms with Gasteiger partial charge in [-0.15, -0.1) is 0 Å². The second-order valence-electron chi connectivity index (χ2n) is 9.02. The summed E-state index contributed by atoms with van der Waals surface area (Å²) in [6.45, 7) is 0.941. The van der Waals surface area contributed by atoms with E-state index in [4.69, 9.17) is 25.7 Å². The van der Waals surface area contributed by atoms with Crippen molar-refractivity contribution in [2.24, 2.45) is 5.73 Å². The van der Waals surface area contributed by atoms with Crippen LogP contribution in [0.15, 0.2) is 72.8 Å². The third kappa shape index (κ3) is 5.77. The topological polar surface area (TPSA) is 159 Å². The van der Waals surface area contributed by atoms with Gasteiger partial charge in [-0.2, -0.15) is 4.37 Å². The van der Waals surface area contributed by atoms with Crippen molar-refractivity contribution in [2.75, 3.05) is 31.0 Å². The molecule has 1 aliphatic heterocycles. The fraction of sp³-hybridized carbons (Fsp3) is 0.172. The number of methoxy groups -OCH3 is 1. The van der Waals surface area contributed by atoms with Gasteiger partial charge in [-0.05, 0) is 46.9 Å². The molecule has 2 heterocycles. The quantitative estimate of drug-likeness (QED) is 0.275. The van der Waals surface area contributed by atoms with Crippen molar-refractivity contribution in [2.45, 2.75) is 12.6 Å². The first-order valence-electron chi connectivity index (χ1n) is 12.6. The highest BCUT2D eigenvalue weighted by molar-refractivity contribution is 7.09. The lowest BCUT2D eigenvalue weighted by Gasteiger charge is -2.32. The van der Waals surface area contributed by atoms with Gasteiger partial charge in [0.1, 0.15) is 29.9 Å². The van der Waals surface area contributed by atoms with E-state index in [0.29, 0.717) is 41.7 Å². The van der Waals surface area contributed by atoms with Crippen molar-refractivity contribution < 1.29 is 28.6 Å². The average Bonchev–Trinajstić information content (AvgIpc) is 3.40. The molecule has 1 aromatic heterocycles. The summed E-state index contributed by atoms with van der Waals surface area (Å²) in [6, 6.07) is 20.0. The number of nitrogens with two attached hydrogens (primary N) is 2. The van der Waals surface area contributed by atoms with E-state index in [2.05, 4.69) is 9.69 Å². The Balaban J connectivity index is 1.63. The molecule has 1 unspecified atom stereocenters. The van der Waals surface area contributed by atoms with Crippen LogP contribution in [0.25, 0.3) is 0 Å². The Morgan fingerprint density at radius 1 is 1.02 bits per heavy atom. The molecule has 0 radical (unpaired) electrons. The molecule has 1 atom stereocenters. The number of nitrogens with one attached hydrogen (secondary N) is 1. The van der Waals surface area contributed by atoms with E-state index in [1.54, 1.807) is 42.5 Å². The lowest BCUT2D eigenvalue weighted by molar-refractivity contribution is -0.122. The number of fused-ring (bicyclic) bond motifs is 1. The van der Waals surface area contributed by atoms with Crippen molar-refractivity contribution in [1.82, 2.24) is 9.69 Å². The van der Waals surface area contributed by atoms with E-state index >= 15 is 0 Å². The van der Waals surface area contributed by atoms with Crippen LogP contribution < -0.4 is 35.9 Å². The Hall–Kier alpha value is -5.10. The van der Waals surface area contributed by atoms with E-state index in [0.717, 1.165) is 17.1 Å². The lowest BCUT2D eigenvalue weighted by Crippen LogP contribution is -2.44. The molecule has 11 nitrogen and oxygen atoms in total. The highest BCUT2D eigenvalue weighted by Crippen LogP contribution is 2.39. The van der Waals surface area contributed by atoms with Crippen LogP contribution in [0.1, 0.15) is 37.3 Å². The zero-order valence-corrected chi connectivity index (χ0v) is 22.9. The number of carbonyl (C=O) groups is 3. The number of aromatic nitrogens is 1. The van der Waals surface area contributed by atoms with Gasteiger partial charge in [0.05, 0.1) is 12.8 Å². The van der Waals surface area contributed by atoms with Gasteiger partial charge in [0, 0.05) is 18.3 Å². The van der Waals surface area contributed by atoms with E-state index in [1.165, 1.54) is 12.0 Å². The Morgan fingerprint density at radius 3 is 2.39 bits per heavy atom. The zero-order valence-electron chi connectivity index (χ0n) is 22.0. The smallest absolute Gasteiger partial charge is 0.273 e. The minimum atomic E-state index is -1.17. The Morgan fingerprint density at radius 2 is 1.73 bits per heavy atom. The summed E-state index contributed by atoms with van der Waals surface area (Å²) in [6.07, 6.45) is 0. The number of carbonyl (C=O) groups excluding carboxylic acids is 3. The van der Waals surface area contributed by atoms with Crippen molar-refractivity contribution in [3.8, 4) is 17.2 Å². The molecular weight excluding hydrogens is 546 g/mol. The van der Waals surface area contributed by atoms with Crippen LogP contribution in [-0.4, -0.2) is 42.4 Å². The average molecular weight is 574 g/mol. The maximum atomic E-state index is 14.3. The van der Waals surface area contributed by atoms with E-state index in [-0.39, 0.29) is 22.8 Å². The number of ether oxygens (including phenoxy) is 3. The van der Waals surface area contributed by atoms with Crippen molar-refractivity contribution in [3.05, 3.63) is 94.5 Å². The van der Waals surface area contributed by atoms with Crippen LogP contribution in [0.5, 0.6) is 17.2 Å². The molecule has 5 N–H and O–H groups in total. The first-order valence-corrected chi connectivity index (χ1v) is 13.4. The minimum absolute atomic E-state index is 0.0388. The number of anilines is 2. The number of nitrogens with zero attached hydrogens (tertiary/aromatic N) is 2. The Bertz CT molecular complexity index is 1570. The van der Waals surface area contributed by atoms with Gasteiger partial charge in [-0.3, -0.25) is 19.3 Å². The lowest BCUT2D eigenvalue weighted by atomic mass is 10.0. The molecule has 0 bridgehead atoms. The molecule has 0 saturated carbocycles. The van der Waals surface area contributed by atoms with Crippen LogP contribution in [0, 0.1) is 0 Å². The fourth-order valence-electron chi connectivity index (χ4n) is 4.39. The van der Waals surface area contributed by atoms with Crippen LogP contribution in [0.2, 0.25) is 0 Å². The van der Waals surface area contributed by atoms with E-state index in [1.807, 2.05) is 30.3 Å². The van der Waals surface area contributed by atoms with Gasteiger partial charge >= 0.3 is 0 Å². The zero-order chi connectivity index (χ0) is 28.9. The van der Waals surface area contributed by atoms with Crippen molar-refractivity contribution >= 4 is 40.6 Å². The highest BCUT2D eigenvalue weighted by atomic mass is 32.1. The summed E-state index contributed by atoms with van der Waals surface area (Å²) in [5.74, 6) is -0.474. The van der Waals surface area contributed by atoms with Crippen LogP contribution in [0.3, 0.4) is 0 Å². The van der Waals surface area contributed by atoms with Crippen molar-refractivity contribution in [3.63, 3.8) is 0 Å². The molecule has 0 spiro atoms. The molecule has 41 heavy (non-hydrogen) atoms. The molecule has 5 rings (SSSR count). The molecule has 4 aromatic rings. The van der Waals surface area contributed by atoms with E-state index in [9.17, 15) is 14.4 Å². The van der Waals surface area contributed by atoms with E-state index < -0.39 is 23.8 Å². The summed E-state index contributed by atoms with van der Waals surface area (Å²) in [5.41, 5.74) is 12.9. The summed E-state index contributed by atoms with van der Waals surface area (Å²) in [4.78, 5) is 41.4. The fourth-order valence-corrected chi connectivity index (χ4v) is 5.13. The molecule has 0 saturated heterocycles. The van der Waals surface area contributed by atoms with Crippen molar-refractivity contribution in [1.29, 1.82) is 0 Å². The molecule has 3 aromatic carbocycles. The number of rotatable bonds is 9. The molecule has 3 amide bonds. The first kappa shape index (κ1) is 27.5. The predicted octanol–water partition coefficient (Wildman–Crippen LogP) is 3.31. The third-order valence-electron chi connectivity index (χ3n) is 6.43. The maximum Gasteiger partial charge on any atom is 0.273 e. The number of hydrogen-bond acceptors (Lipinski definition) is 9. The molecule has 0 aliphatic carbocycles. The molecule has 210 valence electrons. The van der Waals surface area contributed by atoms with Crippen LogP contribution in [-0.2, 0) is 11.3 Å². The molecule has 0 fully saturated rings. The Kier molecular flexibility index (Phi) is 8.01. The number of amides is 3. The number of primary amides is 1. The first-order chi connectivity index (χ1) is 19.9. The summed E-state index contributed by atoms with van der Waals surface area (Å²) >= 11 is 0.730. The molecule has 1 aliphatic rings. The number of nitrogen functional groups attached to an aromatic ring is 1. The predicted molar refractivity (Wildman–Crippen MR) is 153 cm³/mol. The summed E-state index contributed by atoms with van der Waals surface area (Å²) in [5, 5.41) is 2.95. The maximum absolute atomic E-state index is 14.3. The minimum Gasteiger partial charge on any atom is -0.497 e. The van der Waals surface area contributed by atoms with Gasteiger partial charge in [-0.1, -0.05) is 42.5 Å². The van der Waals surface area contributed by atoms with Gasteiger partial charge in [0.15, 0.2) is 17.2 Å². The van der Waals surface area contributed by atoms with Gasteiger partial charge in [0.25, 0.3) is 11.8 Å². The summed E-state index contributed by atoms with van der Waals surface area (Å²) < 4.78 is 20.7. The third-order valence-corrected chi connectivity index (χ3v) is 7.28. The van der Waals surface area contributed by atoms with Gasteiger partial charge in [-0.25, -0.2) is 0 Å². The molecule has 12 heteroatoms. The largest absolute Gasteiger partial charge is 0.497 e. The monoisotopic (exact) mass is 573 g/mol. The highest BCUT2D eigenvalue weighted by Gasteiger charge is 2.36. The standard InChI is InChI=1S/C29H27N5O6S/c1-38-20-10-7-18(8-11-20)25(28(36)32-16-17-5-3-2-4-6-17)34(19-9-12-21-22(15-19)40-14-13-39-21)29(37)26-23(30)24(27(31)35)33-41-26/h2-12,15,25H,13-14,16,30H2,1H3,(H2,31,35)(H,32,36). The van der Waals surface area contributed by atoms with Crippen LogP contribution in [0.4, 0.5) is 11.4 Å². The SMILES string of the molecule is COc1ccc(C(C(=O)NCc2ccccc2)N(C(=O)c2snc(C(N)=O)c2N)c2ccc3c(c2)OCCO3)cc1. The van der Waals surface area contributed by atoms with Crippen LogP contribution >= 0.6 is 11.5 Å². The number of benzene rings is 3. The normalized spacial score (nSPS) is 12.7. The second kappa shape index (κ2) is 12.0. The van der Waals surface area contributed by atoms with Gasteiger partial charge < -0.3 is 31.0 Å². The van der Waals surface area contributed by atoms with Gasteiger partial charge in [0.2, 0.25) is 5.91 Å². The second-order valence-corrected chi connectivity index (χ2v) is 9.79. The Labute approximate surface area is 239 Å². The number of hydrogen-bond donors (Lipinski definition) is 3. The molecular formula is C29H27N5O6S. The summed E-state index contributed by atoms with van der Waals surface area (Å²) in [7, 11) is 1.53.